The molecule has 0 rings (SSSR count). The Bertz CT molecular complexity index is 1750. The molecule has 0 aliphatic rings. The van der Waals surface area contributed by atoms with Crippen LogP contribution in [-0.4, -0.2) is 66.5 Å². The minimum absolute atomic E-state index is 0.0465. The van der Waals surface area contributed by atoms with Crippen molar-refractivity contribution in [3.8, 4) is 0 Å². The molecule has 0 bridgehead atoms. The molecule has 418 valence electrons. The van der Waals surface area contributed by atoms with Gasteiger partial charge in [0.2, 0.25) is 0 Å². The molecule has 11 nitrogen and oxygen atoms in total. The monoisotopic (exact) mass is 1050 g/mol. The number of rotatable bonds is 50. The molecule has 0 aromatic rings. The number of aliphatic hydroxyl groups excluding tert-OH is 1. The topological polar surface area (TPSA) is 155 Å². The highest BCUT2D eigenvalue weighted by atomic mass is 31.2. The molecule has 2 N–H and O–H groups in total. The van der Waals surface area contributed by atoms with E-state index in [1.807, 2.05) is 18.2 Å². The molecular formula is C62H99O11P. The third-order valence-corrected chi connectivity index (χ3v) is 12.0. The van der Waals surface area contributed by atoms with Crippen LogP contribution >= 0.6 is 7.82 Å². The second-order valence-corrected chi connectivity index (χ2v) is 19.4. The summed E-state index contributed by atoms with van der Waals surface area (Å²) in [5.74, 6) is -1.61. The molecule has 0 saturated heterocycles. The Morgan fingerprint density at radius 2 is 0.689 bits per heavy atom. The van der Waals surface area contributed by atoms with Crippen molar-refractivity contribution < 1.29 is 52.2 Å². The Kier molecular flexibility index (Phi) is 51.6. The minimum Gasteiger partial charge on any atom is -0.462 e. The molecule has 0 aromatic carbocycles. The number of phosphoric acid groups is 1. The smallest absolute Gasteiger partial charge is 0.462 e. The molecule has 3 unspecified atom stereocenters. The van der Waals surface area contributed by atoms with Crippen molar-refractivity contribution in [1.82, 2.24) is 0 Å². The minimum atomic E-state index is -4.78. The average molecular weight is 1050 g/mol. The lowest BCUT2D eigenvalue weighted by Crippen LogP contribution is -2.30. The summed E-state index contributed by atoms with van der Waals surface area (Å²) in [7, 11) is -4.78. The van der Waals surface area contributed by atoms with Crippen LogP contribution in [0.25, 0.3) is 0 Å². The maximum absolute atomic E-state index is 12.9. The van der Waals surface area contributed by atoms with Gasteiger partial charge in [0.1, 0.15) is 12.7 Å². The van der Waals surface area contributed by atoms with Crippen LogP contribution in [0, 0.1) is 0 Å². The van der Waals surface area contributed by atoms with Crippen molar-refractivity contribution in [1.29, 1.82) is 0 Å². The number of hydrogen-bond donors (Lipinski definition) is 2. The Labute approximate surface area is 449 Å². The van der Waals surface area contributed by atoms with E-state index in [0.717, 1.165) is 128 Å². The van der Waals surface area contributed by atoms with Crippen LogP contribution in [-0.2, 0) is 42.2 Å². The van der Waals surface area contributed by atoms with Crippen LogP contribution in [0.2, 0.25) is 0 Å². The summed E-state index contributed by atoms with van der Waals surface area (Å²) in [6.45, 7) is 4.16. The third-order valence-electron chi connectivity index (χ3n) is 11.1. The SMILES string of the molecule is CC/C=C\C/C=C\C/C=C\C/C=C\CCCCCCC(=O)OC(COC(=O)CCCCCCCCC/C=C\C/C=C\C/C=C\CC)COP(=O)(O)OCC(CO)OC(=O)CC/C=C\C/C=C\C/C=C\C/C=C\CC. The van der Waals surface area contributed by atoms with E-state index in [-0.39, 0.29) is 25.9 Å². The molecule has 0 aliphatic carbocycles. The van der Waals surface area contributed by atoms with E-state index < -0.39 is 57.8 Å². The van der Waals surface area contributed by atoms with E-state index in [2.05, 4.69) is 136 Å². The summed E-state index contributed by atoms with van der Waals surface area (Å²) in [4.78, 5) is 48.5. The molecule has 0 amide bonds. The van der Waals surface area contributed by atoms with Crippen LogP contribution in [0.5, 0.6) is 0 Å². The van der Waals surface area contributed by atoms with Crippen molar-refractivity contribution in [2.75, 3.05) is 26.4 Å². The number of carbonyl (C=O) groups excluding carboxylic acids is 3. The van der Waals surface area contributed by atoms with Crippen LogP contribution in [0.4, 0.5) is 0 Å². The molecule has 0 fully saturated rings. The fraction of sp³-hybridized carbons (Fsp3) is 0.597. The first-order valence-corrected chi connectivity index (χ1v) is 29.6. The van der Waals surface area contributed by atoms with Gasteiger partial charge in [0.15, 0.2) is 6.10 Å². The van der Waals surface area contributed by atoms with E-state index in [1.165, 1.54) is 12.8 Å². The highest BCUT2D eigenvalue weighted by Gasteiger charge is 2.28. The summed E-state index contributed by atoms with van der Waals surface area (Å²) in [6, 6.07) is 0. The average Bonchev–Trinajstić information content (AvgIpc) is 3.39. The van der Waals surface area contributed by atoms with Gasteiger partial charge in [0, 0.05) is 19.3 Å². The lowest BCUT2D eigenvalue weighted by molar-refractivity contribution is -0.161. The van der Waals surface area contributed by atoms with Crippen LogP contribution in [0.1, 0.15) is 201 Å². The lowest BCUT2D eigenvalue weighted by Gasteiger charge is -2.21. The quantitative estimate of drug-likeness (QED) is 0.0197. The van der Waals surface area contributed by atoms with E-state index >= 15 is 0 Å². The Hall–Kier alpha value is -4.38. The number of phosphoric ester groups is 1. The van der Waals surface area contributed by atoms with Gasteiger partial charge in [-0.15, -0.1) is 0 Å². The van der Waals surface area contributed by atoms with Gasteiger partial charge < -0.3 is 24.2 Å². The molecule has 12 heteroatoms. The molecule has 0 aliphatic heterocycles. The molecule has 74 heavy (non-hydrogen) atoms. The second kappa shape index (κ2) is 54.9. The van der Waals surface area contributed by atoms with Crippen molar-refractivity contribution >= 4 is 25.7 Å². The van der Waals surface area contributed by atoms with Crippen LogP contribution in [0.3, 0.4) is 0 Å². The number of aliphatic hydroxyl groups is 1. The maximum atomic E-state index is 12.9. The zero-order valence-electron chi connectivity index (χ0n) is 46.0. The highest BCUT2D eigenvalue weighted by Crippen LogP contribution is 2.43. The number of unbranched alkanes of at least 4 members (excludes halogenated alkanes) is 11. The van der Waals surface area contributed by atoms with Gasteiger partial charge in [-0.2, -0.15) is 0 Å². The van der Waals surface area contributed by atoms with Gasteiger partial charge in [0.05, 0.1) is 19.8 Å². The van der Waals surface area contributed by atoms with E-state index in [4.69, 9.17) is 23.3 Å². The molecule has 0 spiro atoms. The number of hydrogen-bond acceptors (Lipinski definition) is 10. The largest absolute Gasteiger partial charge is 0.472 e. The number of allylic oxidation sites excluding steroid dienone is 22. The number of esters is 3. The second-order valence-electron chi connectivity index (χ2n) is 18.0. The zero-order chi connectivity index (χ0) is 54.1. The van der Waals surface area contributed by atoms with Gasteiger partial charge in [-0.05, 0) is 116 Å². The first-order valence-electron chi connectivity index (χ1n) is 28.1. The predicted octanol–water partition coefficient (Wildman–Crippen LogP) is 16.6. The van der Waals surface area contributed by atoms with E-state index in [0.29, 0.717) is 19.3 Å². The third kappa shape index (κ3) is 52.5. The van der Waals surface area contributed by atoms with Gasteiger partial charge in [-0.25, -0.2) is 4.57 Å². The van der Waals surface area contributed by atoms with Crippen molar-refractivity contribution in [3.63, 3.8) is 0 Å². The first-order chi connectivity index (χ1) is 36.2. The Morgan fingerprint density at radius 1 is 0.378 bits per heavy atom. The van der Waals surface area contributed by atoms with Crippen molar-refractivity contribution in [2.24, 2.45) is 0 Å². The molecule has 0 aromatic heterocycles. The summed E-state index contributed by atoms with van der Waals surface area (Å²) < 4.78 is 39.4. The Balaban J connectivity index is 4.87. The normalized spacial score (nSPS) is 14.4. The standard InChI is InChI=1S/C62H99O11P/c1-4-7-10-13-16-19-22-25-27-29-31-34-36-39-42-45-48-51-60(64)69-55-59(73-62(66)53-50-47-44-41-38-35-32-30-28-26-23-20-17-14-11-8-5-2)57-71-74(67,68)70-56-58(54-63)72-61(65)52-49-46-43-40-37-33-24-21-18-15-12-9-6-3/h7-12,16-21,25-28,32-33,35,37,43,46,58-59,63H,4-6,13-15,22-24,29-31,34,36,38-42,44-45,47-57H2,1-3H3,(H,67,68)/b10-7-,11-8-,12-9-,19-16-,20-17-,21-18-,27-25-,28-26-,35-32-,37-33-,46-43-. The maximum Gasteiger partial charge on any atom is 0.472 e. The summed E-state index contributed by atoms with van der Waals surface area (Å²) in [5, 5.41) is 9.79. The summed E-state index contributed by atoms with van der Waals surface area (Å²) in [6.07, 6.45) is 68.6. The van der Waals surface area contributed by atoms with Crippen LogP contribution < -0.4 is 0 Å². The molecule has 0 saturated carbocycles. The molecular weight excluding hydrogens is 952 g/mol. The summed E-state index contributed by atoms with van der Waals surface area (Å²) in [5.41, 5.74) is 0. The molecule has 3 atom stereocenters. The fourth-order valence-corrected chi connectivity index (χ4v) is 7.69. The Morgan fingerprint density at radius 3 is 1.09 bits per heavy atom. The van der Waals surface area contributed by atoms with Gasteiger partial charge in [-0.3, -0.25) is 23.4 Å². The fourth-order valence-electron chi connectivity index (χ4n) is 6.90. The van der Waals surface area contributed by atoms with Gasteiger partial charge in [0.25, 0.3) is 0 Å². The first kappa shape index (κ1) is 69.6. The highest BCUT2D eigenvalue weighted by molar-refractivity contribution is 7.47. The van der Waals surface area contributed by atoms with E-state index in [9.17, 15) is 28.9 Å². The van der Waals surface area contributed by atoms with Gasteiger partial charge >= 0.3 is 25.7 Å². The van der Waals surface area contributed by atoms with Crippen molar-refractivity contribution in [3.05, 3.63) is 134 Å². The van der Waals surface area contributed by atoms with Crippen molar-refractivity contribution in [2.45, 2.75) is 213 Å². The van der Waals surface area contributed by atoms with Gasteiger partial charge in [-0.1, -0.05) is 199 Å². The number of ether oxygens (including phenoxy) is 3. The number of carbonyl (C=O) groups is 3. The zero-order valence-corrected chi connectivity index (χ0v) is 46.9. The van der Waals surface area contributed by atoms with Crippen LogP contribution in [0.15, 0.2) is 134 Å². The predicted molar refractivity (Wildman–Crippen MR) is 306 cm³/mol. The van der Waals surface area contributed by atoms with E-state index in [1.54, 1.807) is 0 Å². The molecule has 0 heterocycles. The lowest BCUT2D eigenvalue weighted by atomic mass is 10.1. The molecule has 0 radical (unpaired) electrons. The summed E-state index contributed by atoms with van der Waals surface area (Å²) >= 11 is 0.